The third-order valence-electron chi connectivity index (χ3n) is 2.45. The van der Waals surface area contributed by atoms with Crippen LogP contribution in [0.3, 0.4) is 0 Å². The third-order valence-corrected chi connectivity index (χ3v) is 3.45. The van der Waals surface area contributed by atoms with Gasteiger partial charge in [0, 0.05) is 11.1 Å². The number of H-pyrrole nitrogens is 1. The lowest BCUT2D eigenvalue weighted by Crippen LogP contribution is -2.19. The molecule has 0 bridgehead atoms. The van der Waals surface area contributed by atoms with Crippen LogP contribution in [-0.2, 0) is 5.75 Å². The van der Waals surface area contributed by atoms with E-state index in [0.29, 0.717) is 11.6 Å². The molecule has 1 heterocycles. The van der Waals surface area contributed by atoms with Crippen LogP contribution >= 0.6 is 11.8 Å². The van der Waals surface area contributed by atoms with Crippen molar-refractivity contribution in [2.24, 2.45) is 0 Å². The van der Waals surface area contributed by atoms with Gasteiger partial charge >= 0.3 is 5.97 Å². The maximum atomic E-state index is 11.5. The molecule has 1 aromatic heterocycles. The SMILES string of the molecule is Cc1cccc(SCc2ncc(C(=O)O)c(=O)[nH]2)c1. The van der Waals surface area contributed by atoms with Gasteiger partial charge in [-0.25, -0.2) is 9.78 Å². The minimum absolute atomic E-state index is 0.343. The first kappa shape index (κ1) is 13.4. The van der Waals surface area contributed by atoms with Crippen LogP contribution < -0.4 is 5.56 Å². The molecule has 0 unspecified atom stereocenters. The fourth-order valence-corrected chi connectivity index (χ4v) is 2.41. The van der Waals surface area contributed by atoms with Crippen molar-refractivity contribution in [2.75, 3.05) is 0 Å². The van der Waals surface area contributed by atoms with E-state index in [0.717, 1.165) is 16.7 Å². The second-order valence-electron chi connectivity index (χ2n) is 3.98. The smallest absolute Gasteiger partial charge is 0.342 e. The Labute approximate surface area is 113 Å². The summed E-state index contributed by atoms with van der Waals surface area (Å²) in [6, 6.07) is 7.98. The topological polar surface area (TPSA) is 83.0 Å². The minimum Gasteiger partial charge on any atom is -0.477 e. The highest BCUT2D eigenvalue weighted by atomic mass is 32.2. The Bertz CT molecular complexity index is 667. The first-order valence-electron chi connectivity index (χ1n) is 5.57. The summed E-state index contributed by atoms with van der Waals surface area (Å²) in [4.78, 5) is 29.6. The van der Waals surface area contributed by atoms with Gasteiger partial charge in [-0.2, -0.15) is 0 Å². The molecule has 0 amide bonds. The Hall–Kier alpha value is -2.08. The summed E-state index contributed by atoms with van der Waals surface area (Å²) < 4.78 is 0. The lowest BCUT2D eigenvalue weighted by molar-refractivity contribution is 0.0694. The van der Waals surface area contributed by atoms with Gasteiger partial charge in [-0.05, 0) is 19.1 Å². The number of thioether (sulfide) groups is 1. The molecule has 1 aromatic carbocycles. The van der Waals surface area contributed by atoms with Gasteiger partial charge in [0.1, 0.15) is 11.4 Å². The van der Waals surface area contributed by atoms with Crippen LogP contribution in [0.15, 0.2) is 40.2 Å². The predicted molar refractivity (Wildman–Crippen MR) is 72.6 cm³/mol. The fraction of sp³-hybridized carbons (Fsp3) is 0.154. The van der Waals surface area contributed by atoms with Gasteiger partial charge in [-0.3, -0.25) is 4.79 Å². The molecule has 2 N–H and O–H groups in total. The van der Waals surface area contributed by atoms with Crippen LogP contribution in [0.1, 0.15) is 21.7 Å². The summed E-state index contributed by atoms with van der Waals surface area (Å²) >= 11 is 1.53. The summed E-state index contributed by atoms with van der Waals surface area (Å²) in [5, 5.41) is 8.73. The number of hydrogen-bond donors (Lipinski definition) is 2. The predicted octanol–water partition coefficient (Wildman–Crippen LogP) is 2.07. The largest absolute Gasteiger partial charge is 0.477 e. The molecule has 0 spiro atoms. The third kappa shape index (κ3) is 3.45. The molecule has 0 aliphatic carbocycles. The first-order chi connectivity index (χ1) is 9.06. The minimum atomic E-state index is -1.27. The number of benzene rings is 1. The van der Waals surface area contributed by atoms with Gasteiger partial charge in [0.15, 0.2) is 0 Å². The molecular weight excluding hydrogens is 264 g/mol. The van der Waals surface area contributed by atoms with Crippen molar-refractivity contribution < 1.29 is 9.90 Å². The normalized spacial score (nSPS) is 10.4. The Morgan fingerprint density at radius 3 is 2.89 bits per heavy atom. The highest BCUT2D eigenvalue weighted by molar-refractivity contribution is 7.98. The summed E-state index contributed by atoms with van der Waals surface area (Å²) in [5.74, 6) is -0.327. The zero-order valence-corrected chi connectivity index (χ0v) is 11.0. The van der Waals surface area contributed by atoms with E-state index in [-0.39, 0.29) is 5.56 Å². The zero-order chi connectivity index (χ0) is 13.8. The molecule has 0 aliphatic heterocycles. The number of aromatic carboxylic acids is 1. The highest BCUT2D eigenvalue weighted by Crippen LogP contribution is 2.21. The maximum absolute atomic E-state index is 11.5. The first-order valence-corrected chi connectivity index (χ1v) is 6.56. The number of carboxylic acids is 1. The molecule has 5 nitrogen and oxygen atoms in total. The molecule has 2 rings (SSSR count). The number of nitrogens with one attached hydrogen (secondary N) is 1. The van der Waals surface area contributed by atoms with Gasteiger partial charge < -0.3 is 10.1 Å². The monoisotopic (exact) mass is 276 g/mol. The number of aromatic nitrogens is 2. The van der Waals surface area contributed by atoms with E-state index < -0.39 is 11.5 Å². The van der Waals surface area contributed by atoms with E-state index in [9.17, 15) is 9.59 Å². The molecule has 0 atom stereocenters. The van der Waals surface area contributed by atoms with E-state index in [2.05, 4.69) is 9.97 Å². The molecule has 0 fully saturated rings. The molecule has 19 heavy (non-hydrogen) atoms. The molecule has 0 saturated heterocycles. The molecular formula is C13H12N2O3S. The average molecular weight is 276 g/mol. The van der Waals surface area contributed by atoms with E-state index in [4.69, 9.17) is 5.11 Å². The number of rotatable bonds is 4. The van der Waals surface area contributed by atoms with Crippen LogP contribution in [0.4, 0.5) is 0 Å². The quantitative estimate of drug-likeness (QED) is 0.835. The van der Waals surface area contributed by atoms with Crippen LogP contribution in [0.5, 0.6) is 0 Å². The standard InChI is InChI=1S/C13H12N2O3S/c1-8-3-2-4-9(5-8)19-7-11-14-6-10(13(17)18)12(16)15-11/h2-6H,7H2,1H3,(H,17,18)(H,14,15,16). The van der Waals surface area contributed by atoms with Crippen molar-refractivity contribution in [3.8, 4) is 0 Å². The molecule has 6 heteroatoms. The molecule has 2 aromatic rings. The van der Waals surface area contributed by atoms with Gasteiger partial charge in [-0.1, -0.05) is 17.7 Å². The second kappa shape index (κ2) is 5.71. The number of hydrogen-bond acceptors (Lipinski definition) is 4. The maximum Gasteiger partial charge on any atom is 0.342 e. The lowest BCUT2D eigenvalue weighted by Gasteiger charge is -2.02. The number of aromatic amines is 1. The van der Waals surface area contributed by atoms with E-state index in [1.165, 1.54) is 11.8 Å². The van der Waals surface area contributed by atoms with E-state index in [1.807, 2.05) is 31.2 Å². The number of carboxylic acid groups (broad SMARTS) is 1. The summed E-state index contributed by atoms with van der Waals surface area (Å²) in [5.41, 5.74) is 0.194. The Morgan fingerprint density at radius 1 is 1.47 bits per heavy atom. The van der Waals surface area contributed by atoms with Crippen molar-refractivity contribution in [3.05, 3.63) is 57.8 Å². The van der Waals surface area contributed by atoms with Crippen LogP contribution in [0.25, 0.3) is 0 Å². The van der Waals surface area contributed by atoms with E-state index in [1.54, 1.807) is 0 Å². The average Bonchev–Trinajstić information content (AvgIpc) is 2.36. The second-order valence-corrected chi connectivity index (χ2v) is 5.03. The number of carbonyl (C=O) groups is 1. The lowest BCUT2D eigenvalue weighted by atomic mass is 10.2. The van der Waals surface area contributed by atoms with E-state index >= 15 is 0 Å². The van der Waals surface area contributed by atoms with Gasteiger partial charge in [0.05, 0.1) is 5.75 Å². The molecule has 98 valence electrons. The van der Waals surface area contributed by atoms with Gasteiger partial charge in [-0.15, -0.1) is 11.8 Å². The highest BCUT2D eigenvalue weighted by Gasteiger charge is 2.09. The Morgan fingerprint density at radius 2 is 2.26 bits per heavy atom. The summed E-state index contributed by atoms with van der Waals surface area (Å²) in [7, 11) is 0. The Kier molecular flexibility index (Phi) is 4.01. The fourth-order valence-electron chi connectivity index (χ4n) is 1.51. The molecule has 0 saturated carbocycles. The van der Waals surface area contributed by atoms with Gasteiger partial charge in [0.2, 0.25) is 0 Å². The Balaban J connectivity index is 2.10. The van der Waals surface area contributed by atoms with Crippen molar-refractivity contribution in [3.63, 3.8) is 0 Å². The van der Waals surface area contributed by atoms with Crippen molar-refractivity contribution in [1.29, 1.82) is 0 Å². The van der Waals surface area contributed by atoms with Crippen LogP contribution in [-0.4, -0.2) is 21.0 Å². The summed E-state index contributed by atoms with van der Waals surface area (Å²) in [6.45, 7) is 2.01. The van der Waals surface area contributed by atoms with Gasteiger partial charge in [0.25, 0.3) is 5.56 Å². The van der Waals surface area contributed by atoms with Crippen LogP contribution in [0, 0.1) is 6.92 Å². The van der Waals surface area contributed by atoms with Crippen molar-refractivity contribution in [2.45, 2.75) is 17.6 Å². The zero-order valence-electron chi connectivity index (χ0n) is 10.2. The van der Waals surface area contributed by atoms with Crippen molar-refractivity contribution in [1.82, 2.24) is 9.97 Å². The number of nitrogens with zero attached hydrogens (tertiary/aromatic N) is 1. The van der Waals surface area contributed by atoms with Crippen molar-refractivity contribution >= 4 is 17.7 Å². The van der Waals surface area contributed by atoms with Crippen LogP contribution in [0.2, 0.25) is 0 Å². The summed E-state index contributed by atoms with van der Waals surface area (Å²) in [6.07, 6.45) is 1.09. The number of aryl methyl sites for hydroxylation is 1. The molecule has 0 radical (unpaired) electrons. The molecule has 0 aliphatic rings.